The van der Waals surface area contributed by atoms with Crippen LogP contribution in [0.1, 0.15) is 42.7 Å². The average Bonchev–Trinajstić information content (AvgIpc) is 2.99. The lowest BCUT2D eigenvalue weighted by atomic mass is 9.99. The van der Waals surface area contributed by atoms with Crippen molar-refractivity contribution >= 4 is 27.5 Å². The maximum Gasteiger partial charge on any atom is 0.355 e. The molecule has 0 atom stereocenters. The quantitative estimate of drug-likeness (QED) is 0.354. The monoisotopic (exact) mass is 448 g/mol. The van der Waals surface area contributed by atoms with Crippen molar-refractivity contribution in [1.82, 2.24) is 9.55 Å². The van der Waals surface area contributed by atoms with Gasteiger partial charge in [0.05, 0.1) is 17.5 Å². The summed E-state index contributed by atoms with van der Waals surface area (Å²) in [4.78, 5) is 16.4. The molecule has 0 unspecified atom stereocenters. The van der Waals surface area contributed by atoms with Gasteiger partial charge in [-0.3, -0.25) is 4.98 Å². The van der Waals surface area contributed by atoms with Gasteiger partial charge in [-0.1, -0.05) is 26.2 Å². The van der Waals surface area contributed by atoms with Crippen LogP contribution in [0, 0.1) is 0 Å². The minimum atomic E-state index is -0.381. The molecule has 0 amide bonds. The van der Waals surface area contributed by atoms with Crippen molar-refractivity contribution in [3.8, 4) is 11.1 Å². The molecule has 0 fully saturated rings. The predicted octanol–water partition coefficient (Wildman–Crippen LogP) is 6.59. The number of nitrogens with zero attached hydrogens (tertiary/aromatic N) is 2. The van der Waals surface area contributed by atoms with Crippen molar-refractivity contribution < 1.29 is 13.9 Å². The molecule has 2 heterocycles. The lowest BCUT2D eigenvalue weighted by Gasteiger charge is -2.09. The molecule has 2 rings (SSSR count). The second kappa shape index (κ2) is 11.4. The van der Waals surface area contributed by atoms with Crippen LogP contribution >= 0.6 is 15.9 Å². The number of aromatic nitrogens is 2. The van der Waals surface area contributed by atoms with Crippen LogP contribution in [0.5, 0.6) is 0 Å². The number of rotatable bonds is 7. The Balaban J connectivity index is 0.000000696. The Morgan fingerprint density at radius 2 is 1.93 bits per heavy atom. The second-order valence-corrected chi connectivity index (χ2v) is 6.75. The number of carbonyl (C=O) groups excluding carboxylic acids is 1. The molecule has 0 saturated heterocycles. The minimum Gasteiger partial charge on any atom is -0.464 e. The molecule has 28 heavy (non-hydrogen) atoms. The molecule has 2 aromatic heterocycles. The Hall–Kier alpha value is -2.47. The lowest BCUT2D eigenvalue weighted by molar-refractivity contribution is 0.0587. The zero-order valence-corrected chi connectivity index (χ0v) is 18.2. The third-order valence-corrected chi connectivity index (χ3v) is 4.74. The summed E-state index contributed by atoms with van der Waals surface area (Å²) in [6.07, 6.45) is 6.45. The zero-order chi connectivity index (χ0) is 21.3. The van der Waals surface area contributed by atoms with E-state index in [4.69, 9.17) is 4.74 Å². The largest absolute Gasteiger partial charge is 0.464 e. The summed E-state index contributed by atoms with van der Waals surface area (Å²) in [6, 6.07) is 3.82. The summed E-state index contributed by atoms with van der Waals surface area (Å²) in [5, 5.41) is 0. The first-order chi connectivity index (χ1) is 13.3. The van der Waals surface area contributed by atoms with Crippen LogP contribution in [0.2, 0.25) is 0 Å². The number of allylic oxidation sites excluding steroid dienone is 3. The van der Waals surface area contributed by atoms with Gasteiger partial charge in [0.25, 0.3) is 0 Å². The van der Waals surface area contributed by atoms with Crippen LogP contribution in [0.25, 0.3) is 16.7 Å². The summed E-state index contributed by atoms with van der Waals surface area (Å²) in [6.45, 7) is 15.0. The van der Waals surface area contributed by atoms with Crippen LogP contribution in [0.4, 0.5) is 4.39 Å². The van der Waals surface area contributed by atoms with Crippen LogP contribution in [-0.2, 0) is 11.3 Å². The van der Waals surface area contributed by atoms with E-state index >= 15 is 0 Å². The van der Waals surface area contributed by atoms with Crippen molar-refractivity contribution in [1.29, 1.82) is 0 Å². The summed E-state index contributed by atoms with van der Waals surface area (Å²) < 4.78 is 19.0. The van der Waals surface area contributed by atoms with Crippen molar-refractivity contribution in [2.45, 2.75) is 33.2 Å². The maximum atomic E-state index is 12.4. The Kier molecular flexibility index (Phi) is 9.59. The molecule has 0 radical (unpaired) electrons. The molecule has 0 bridgehead atoms. The topological polar surface area (TPSA) is 44.1 Å². The number of hydrogen-bond donors (Lipinski definition) is 0. The first-order valence-electron chi connectivity index (χ1n) is 8.80. The number of methoxy groups -OCH3 is 1. The van der Waals surface area contributed by atoms with E-state index in [0.29, 0.717) is 18.7 Å². The highest BCUT2D eigenvalue weighted by molar-refractivity contribution is 9.10. The predicted molar refractivity (Wildman–Crippen MR) is 117 cm³/mol. The first-order valence-corrected chi connectivity index (χ1v) is 9.60. The van der Waals surface area contributed by atoms with E-state index in [0.717, 1.165) is 33.3 Å². The second-order valence-electron chi connectivity index (χ2n) is 6.00. The highest BCUT2D eigenvalue weighted by Crippen LogP contribution is 2.40. The highest BCUT2D eigenvalue weighted by Gasteiger charge is 2.27. The fourth-order valence-corrected chi connectivity index (χ4v) is 3.31. The van der Waals surface area contributed by atoms with E-state index in [2.05, 4.69) is 40.7 Å². The van der Waals surface area contributed by atoms with Gasteiger partial charge in [0, 0.05) is 30.1 Å². The number of pyridine rings is 1. The van der Waals surface area contributed by atoms with Crippen molar-refractivity contribution in [2.75, 3.05) is 7.11 Å². The van der Waals surface area contributed by atoms with Gasteiger partial charge in [0.2, 0.25) is 0 Å². The molecule has 0 saturated carbocycles. The molecule has 0 aliphatic heterocycles. The standard InChI is InChI=1S/C18H19BrN2O2.C4H7F/c1-5-6-11-21-16(18(22)23-4)14(12(2)3)15(17(21)19)13-7-9-20-10-8-13;1-3-4(2)5/h5,7-10H,1-2,6,11H2,3-4H3;2-3H2,1H3. The summed E-state index contributed by atoms with van der Waals surface area (Å²) in [5.74, 6) is -0.627. The third kappa shape index (κ3) is 5.76. The molecule has 0 spiro atoms. The summed E-state index contributed by atoms with van der Waals surface area (Å²) >= 11 is 3.65. The van der Waals surface area contributed by atoms with Crippen LogP contribution in [0.3, 0.4) is 0 Å². The number of halogens is 2. The number of ether oxygens (including phenoxy) is 1. The fraction of sp³-hybridized carbons (Fsp3) is 0.273. The SMILES string of the molecule is C=C(F)CC.C=CCCn1c(Br)c(-c2ccncc2)c(C(=C)C)c1C(=O)OC. The Labute approximate surface area is 174 Å². The van der Waals surface area contributed by atoms with Crippen molar-refractivity contribution in [3.63, 3.8) is 0 Å². The lowest BCUT2D eigenvalue weighted by Crippen LogP contribution is -2.12. The van der Waals surface area contributed by atoms with Crippen LogP contribution < -0.4 is 0 Å². The molecule has 0 N–H and O–H groups in total. The first kappa shape index (κ1) is 23.6. The zero-order valence-electron chi connectivity index (χ0n) is 16.6. The average molecular weight is 449 g/mol. The molecule has 0 aliphatic rings. The third-order valence-electron chi connectivity index (χ3n) is 3.91. The van der Waals surface area contributed by atoms with Crippen molar-refractivity contribution in [2.24, 2.45) is 0 Å². The van der Waals surface area contributed by atoms with E-state index < -0.39 is 0 Å². The van der Waals surface area contributed by atoms with Gasteiger partial charge in [-0.25, -0.2) is 9.18 Å². The van der Waals surface area contributed by atoms with Gasteiger partial charge in [-0.15, -0.1) is 6.58 Å². The van der Waals surface area contributed by atoms with Gasteiger partial charge >= 0.3 is 5.97 Å². The van der Waals surface area contributed by atoms with E-state index in [1.807, 2.05) is 29.7 Å². The number of esters is 1. The van der Waals surface area contributed by atoms with Crippen molar-refractivity contribution in [3.05, 3.63) is 72.0 Å². The molecular formula is C22H26BrFN2O2. The molecule has 0 aromatic carbocycles. The van der Waals surface area contributed by atoms with E-state index in [1.165, 1.54) is 7.11 Å². The van der Waals surface area contributed by atoms with Gasteiger partial charge in [0.15, 0.2) is 0 Å². The normalized spacial score (nSPS) is 9.89. The Bertz CT molecular complexity index is 857. The van der Waals surface area contributed by atoms with Crippen LogP contribution in [-0.4, -0.2) is 22.6 Å². The summed E-state index contributed by atoms with van der Waals surface area (Å²) in [7, 11) is 1.38. The Morgan fingerprint density at radius 1 is 1.36 bits per heavy atom. The van der Waals surface area contributed by atoms with Crippen LogP contribution in [0.15, 0.2) is 60.8 Å². The molecular weight excluding hydrogens is 423 g/mol. The Morgan fingerprint density at radius 3 is 2.36 bits per heavy atom. The molecule has 2 aromatic rings. The molecule has 4 nitrogen and oxygen atoms in total. The maximum absolute atomic E-state index is 12.4. The number of carbonyl (C=O) groups is 1. The van der Waals surface area contributed by atoms with Gasteiger partial charge in [-0.2, -0.15) is 0 Å². The van der Waals surface area contributed by atoms with Gasteiger partial charge in [-0.05, 0) is 59.0 Å². The van der Waals surface area contributed by atoms with Gasteiger partial charge < -0.3 is 9.30 Å². The minimum absolute atomic E-state index is 0.245. The fourth-order valence-electron chi connectivity index (χ4n) is 2.53. The van der Waals surface area contributed by atoms with E-state index in [9.17, 15) is 9.18 Å². The smallest absolute Gasteiger partial charge is 0.355 e. The summed E-state index contributed by atoms with van der Waals surface area (Å²) in [5.41, 5.74) is 3.98. The molecule has 6 heteroatoms. The molecule has 150 valence electrons. The highest BCUT2D eigenvalue weighted by atomic mass is 79.9. The number of hydrogen-bond acceptors (Lipinski definition) is 3. The van der Waals surface area contributed by atoms with E-state index in [-0.39, 0.29) is 11.8 Å². The van der Waals surface area contributed by atoms with Gasteiger partial charge in [0.1, 0.15) is 5.69 Å². The molecule has 0 aliphatic carbocycles. The van der Waals surface area contributed by atoms with E-state index in [1.54, 1.807) is 19.3 Å².